The molecule has 6 heteroatoms. The van der Waals surface area contributed by atoms with E-state index in [1.165, 1.54) is 11.3 Å². The van der Waals surface area contributed by atoms with E-state index in [1.54, 1.807) is 0 Å². The van der Waals surface area contributed by atoms with E-state index in [2.05, 4.69) is 4.98 Å². The van der Waals surface area contributed by atoms with Gasteiger partial charge in [-0.1, -0.05) is 0 Å². The topological polar surface area (TPSA) is 65.2 Å². The van der Waals surface area contributed by atoms with Crippen molar-refractivity contribution in [3.05, 3.63) is 18.2 Å². The van der Waals surface area contributed by atoms with Gasteiger partial charge in [-0.05, 0) is 43.9 Å². The lowest BCUT2D eigenvalue weighted by Gasteiger charge is -2.07. The largest absolute Gasteiger partial charge is 0.399 e. The quantitative estimate of drug-likeness (QED) is 0.862. The number of aromatic nitrogens is 1. The average Bonchev–Trinajstić information content (AvgIpc) is 3.06. The Bertz CT molecular complexity index is 621. The van der Waals surface area contributed by atoms with Gasteiger partial charge in [-0.3, -0.25) is 4.21 Å². The van der Waals surface area contributed by atoms with Crippen molar-refractivity contribution in [2.45, 2.75) is 36.1 Å². The molecule has 1 aromatic carbocycles. The second kappa shape index (κ2) is 6.20. The maximum absolute atomic E-state index is 12.3. The highest BCUT2D eigenvalue weighted by atomic mass is 32.2. The molecule has 2 heterocycles. The highest BCUT2D eigenvalue weighted by Gasteiger charge is 2.16. The molecule has 108 valence electrons. The fourth-order valence-corrected chi connectivity index (χ4v) is 4.86. The molecule has 0 amide bonds. The van der Waals surface area contributed by atoms with Gasteiger partial charge in [0.05, 0.1) is 27.1 Å². The third kappa shape index (κ3) is 3.19. The van der Waals surface area contributed by atoms with Crippen molar-refractivity contribution in [1.82, 2.24) is 4.98 Å². The minimum Gasteiger partial charge on any atom is -0.399 e. The lowest BCUT2D eigenvalue weighted by atomic mass is 10.1. The molecule has 3 rings (SSSR count). The number of fused-ring (bicyclic) bond motifs is 1. The zero-order chi connectivity index (χ0) is 13.9. The Balaban J connectivity index is 1.60. The zero-order valence-electron chi connectivity index (χ0n) is 11.2. The molecule has 2 aromatic rings. The highest BCUT2D eigenvalue weighted by molar-refractivity contribution is 7.87. The molecule has 0 saturated carbocycles. The van der Waals surface area contributed by atoms with Gasteiger partial charge in [-0.15, -0.1) is 11.3 Å². The van der Waals surface area contributed by atoms with Gasteiger partial charge in [0, 0.05) is 18.0 Å². The van der Waals surface area contributed by atoms with Crippen molar-refractivity contribution in [2.24, 2.45) is 0 Å². The molecule has 1 aliphatic rings. The predicted molar refractivity (Wildman–Crippen MR) is 83.5 cm³/mol. The van der Waals surface area contributed by atoms with Crippen molar-refractivity contribution in [3.8, 4) is 0 Å². The molecule has 4 nitrogen and oxygen atoms in total. The number of anilines is 1. The third-order valence-electron chi connectivity index (χ3n) is 3.47. The summed E-state index contributed by atoms with van der Waals surface area (Å²) in [7, 11) is -1.01. The van der Waals surface area contributed by atoms with Crippen LogP contribution in [-0.4, -0.2) is 27.7 Å². The number of nitrogens with two attached hydrogens (primary N) is 1. The summed E-state index contributed by atoms with van der Waals surface area (Å²) in [4.78, 5) is 4.44. The summed E-state index contributed by atoms with van der Waals surface area (Å²) < 4.78 is 19.5. The minimum absolute atomic E-state index is 0.377. The number of hydrogen-bond acceptors (Lipinski definition) is 5. The van der Waals surface area contributed by atoms with Crippen molar-refractivity contribution < 1.29 is 8.95 Å². The Hall–Kier alpha value is -0.980. The van der Waals surface area contributed by atoms with E-state index in [9.17, 15) is 4.21 Å². The van der Waals surface area contributed by atoms with Crippen LogP contribution in [0, 0.1) is 0 Å². The van der Waals surface area contributed by atoms with Crippen LogP contribution in [0.3, 0.4) is 0 Å². The first-order valence-corrected chi connectivity index (χ1v) is 9.02. The lowest BCUT2D eigenvalue weighted by Crippen LogP contribution is -2.07. The maximum atomic E-state index is 12.3. The van der Waals surface area contributed by atoms with Crippen LogP contribution in [0.5, 0.6) is 0 Å². The van der Waals surface area contributed by atoms with E-state index in [0.29, 0.717) is 16.2 Å². The summed E-state index contributed by atoms with van der Waals surface area (Å²) in [5.74, 6) is 0.662. The average molecular weight is 310 g/mol. The molecule has 0 aliphatic carbocycles. The predicted octanol–water partition coefficient (Wildman–Crippen LogP) is 2.95. The van der Waals surface area contributed by atoms with Crippen LogP contribution in [0.4, 0.5) is 5.69 Å². The van der Waals surface area contributed by atoms with Crippen molar-refractivity contribution in [1.29, 1.82) is 0 Å². The second-order valence-electron chi connectivity index (χ2n) is 5.03. The van der Waals surface area contributed by atoms with E-state index >= 15 is 0 Å². The fraction of sp³-hybridized carbons (Fsp3) is 0.500. The number of benzene rings is 1. The van der Waals surface area contributed by atoms with Gasteiger partial charge in [0.2, 0.25) is 0 Å². The Morgan fingerprint density at radius 2 is 2.40 bits per heavy atom. The van der Waals surface area contributed by atoms with Crippen LogP contribution in [0.15, 0.2) is 22.5 Å². The van der Waals surface area contributed by atoms with E-state index in [0.717, 1.165) is 48.2 Å². The molecular formula is C14H18N2O2S2. The van der Waals surface area contributed by atoms with Crippen molar-refractivity contribution >= 4 is 38.0 Å². The standard InChI is InChI=1S/C14H18N2O2S2/c15-10-5-6-12-13(9-10)19-14(16-12)20(17)8-2-4-11-3-1-7-18-11/h5-6,9,11H,1-4,7-8,15H2. The molecule has 1 aliphatic heterocycles. The minimum atomic E-state index is -1.01. The van der Waals surface area contributed by atoms with Crippen LogP contribution in [0.1, 0.15) is 25.7 Å². The van der Waals surface area contributed by atoms with E-state index in [-0.39, 0.29) is 0 Å². The summed E-state index contributed by atoms with van der Waals surface area (Å²) in [6, 6.07) is 5.60. The molecule has 0 bridgehead atoms. The summed E-state index contributed by atoms with van der Waals surface area (Å²) in [5, 5.41) is 0. The lowest BCUT2D eigenvalue weighted by molar-refractivity contribution is 0.104. The van der Waals surface area contributed by atoms with Gasteiger partial charge in [0.15, 0.2) is 4.34 Å². The Morgan fingerprint density at radius 3 is 3.20 bits per heavy atom. The van der Waals surface area contributed by atoms with Gasteiger partial charge in [0.25, 0.3) is 0 Å². The van der Waals surface area contributed by atoms with Crippen LogP contribution in [-0.2, 0) is 15.5 Å². The number of nitrogen functional groups attached to an aromatic ring is 1. The van der Waals surface area contributed by atoms with Gasteiger partial charge < -0.3 is 10.5 Å². The summed E-state index contributed by atoms with van der Waals surface area (Å²) >= 11 is 1.48. The Kier molecular flexibility index (Phi) is 4.33. The van der Waals surface area contributed by atoms with Crippen molar-refractivity contribution in [3.63, 3.8) is 0 Å². The second-order valence-corrected chi connectivity index (χ2v) is 7.81. The number of hydrogen-bond donors (Lipinski definition) is 1. The van der Waals surface area contributed by atoms with Crippen LogP contribution < -0.4 is 5.73 Å². The fourth-order valence-electron chi connectivity index (χ4n) is 2.42. The summed E-state index contributed by atoms with van der Waals surface area (Å²) in [6.07, 6.45) is 4.61. The smallest absolute Gasteiger partial charge is 0.181 e. The molecule has 0 spiro atoms. The summed E-state index contributed by atoms with van der Waals surface area (Å²) in [6.45, 7) is 0.882. The van der Waals surface area contributed by atoms with Crippen LogP contribution >= 0.6 is 11.3 Å². The maximum Gasteiger partial charge on any atom is 0.181 e. The normalized spacial score (nSPS) is 20.5. The van der Waals surface area contributed by atoms with E-state index in [1.807, 2.05) is 18.2 Å². The molecule has 2 N–H and O–H groups in total. The molecule has 1 saturated heterocycles. The molecular weight excluding hydrogens is 292 g/mol. The molecule has 2 unspecified atom stereocenters. The third-order valence-corrected chi connectivity index (χ3v) is 6.23. The molecule has 1 aromatic heterocycles. The Labute approximate surface area is 124 Å². The van der Waals surface area contributed by atoms with Crippen LogP contribution in [0.2, 0.25) is 0 Å². The Morgan fingerprint density at radius 1 is 1.50 bits per heavy atom. The first-order valence-electron chi connectivity index (χ1n) is 6.88. The van der Waals surface area contributed by atoms with Gasteiger partial charge in [-0.2, -0.15) is 0 Å². The summed E-state index contributed by atoms with van der Waals surface area (Å²) in [5.41, 5.74) is 7.35. The van der Waals surface area contributed by atoms with E-state index < -0.39 is 10.8 Å². The van der Waals surface area contributed by atoms with Gasteiger partial charge >= 0.3 is 0 Å². The number of thiazole rings is 1. The van der Waals surface area contributed by atoms with Crippen LogP contribution in [0.25, 0.3) is 10.2 Å². The van der Waals surface area contributed by atoms with Crippen molar-refractivity contribution in [2.75, 3.05) is 18.1 Å². The molecule has 20 heavy (non-hydrogen) atoms. The molecule has 0 radical (unpaired) electrons. The molecule has 1 fully saturated rings. The first-order chi connectivity index (χ1) is 9.72. The van der Waals surface area contributed by atoms with Gasteiger partial charge in [-0.25, -0.2) is 4.98 Å². The zero-order valence-corrected chi connectivity index (χ0v) is 12.8. The highest BCUT2D eigenvalue weighted by Crippen LogP contribution is 2.27. The monoisotopic (exact) mass is 310 g/mol. The number of nitrogens with zero attached hydrogens (tertiary/aromatic N) is 1. The number of ether oxygens (including phenoxy) is 1. The molecule has 2 atom stereocenters. The first kappa shape index (κ1) is 14.0. The number of rotatable bonds is 5. The SMILES string of the molecule is Nc1ccc2nc(S(=O)CCCC3CCCO3)sc2c1. The van der Waals surface area contributed by atoms with E-state index in [4.69, 9.17) is 10.5 Å². The van der Waals surface area contributed by atoms with Gasteiger partial charge in [0.1, 0.15) is 0 Å².